The normalized spacial score (nSPS) is 10.4. The number of rotatable bonds is 2. The molecule has 1 radical (unpaired) electrons. The molecule has 6 rings (SSSR count). The molecule has 34 heavy (non-hydrogen) atoms. The first-order valence-corrected chi connectivity index (χ1v) is 10.8. The molecular formula is C30H22IrN2O-2. The van der Waals surface area contributed by atoms with Crippen molar-refractivity contribution in [3.05, 3.63) is 121 Å². The molecule has 0 saturated heterocycles. The van der Waals surface area contributed by atoms with Crippen LogP contribution in [0.2, 0.25) is 0 Å². The van der Waals surface area contributed by atoms with Crippen LogP contribution in [-0.4, -0.2) is 9.97 Å². The van der Waals surface area contributed by atoms with Crippen molar-refractivity contribution in [2.24, 2.45) is 0 Å². The summed E-state index contributed by atoms with van der Waals surface area (Å²) in [6, 6.07) is 34.4. The van der Waals surface area contributed by atoms with Gasteiger partial charge in [-0.05, 0) is 29.6 Å². The molecule has 3 aromatic heterocycles. The molecule has 3 nitrogen and oxygen atoms in total. The largest absolute Gasteiger partial charge is 0.501 e. The molecular weight excluding hydrogens is 597 g/mol. The van der Waals surface area contributed by atoms with Crippen molar-refractivity contribution in [3.63, 3.8) is 0 Å². The molecule has 0 aliphatic heterocycles. The van der Waals surface area contributed by atoms with Crippen molar-refractivity contribution in [2.75, 3.05) is 0 Å². The van der Waals surface area contributed by atoms with Crippen molar-refractivity contribution in [1.29, 1.82) is 0 Å². The van der Waals surface area contributed by atoms with E-state index in [0.29, 0.717) is 0 Å². The fourth-order valence-electron chi connectivity index (χ4n) is 3.88. The number of aromatic nitrogens is 2. The Bertz CT molecular complexity index is 1530. The fourth-order valence-corrected chi connectivity index (χ4v) is 3.88. The van der Waals surface area contributed by atoms with Gasteiger partial charge in [-0.2, -0.15) is 0 Å². The van der Waals surface area contributed by atoms with Gasteiger partial charge in [-0.3, -0.25) is 0 Å². The van der Waals surface area contributed by atoms with Crippen LogP contribution in [0.5, 0.6) is 0 Å². The first-order chi connectivity index (χ1) is 16.2. The molecule has 0 fully saturated rings. The number of fused-ring (bicyclic) bond motifs is 3. The van der Waals surface area contributed by atoms with E-state index in [1.807, 2.05) is 72.8 Å². The van der Waals surface area contributed by atoms with E-state index in [-0.39, 0.29) is 20.1 Å². The van der Waals surface area contributed by atoms with Crippen molar-refractivity contribution in [2.45, 2.75) is 13.8 Å². The van der Waals surface area contributed by atoms with Gasteiger partial charge in [0.2, 0.25) is 0 Å². The summed E-state index contributed by atoms with van der Waals surface area (Å²) < 4.78 is 6.05. The summed E-state index contributed by atoms with van der Waals surface area (Å²) in [6.07, 6.45) is 3.59. The van der Waals surface area contributed by atoms with Gasteiger partial charge < -0.3 is 14.4 Å². The van der Waals surface area contributed by atoms with Gasteiger partial charge in [0.1, 0.15) is 5.58 Å². The van der Waals surface area contributed by atoms with Crippen molar-refractivity contribution >= 4 is 21.9 Å². The predicted molar refractivity (Wildman–Crippen MR) is 134 cm³/mol. The standard InChI is InChI=1S/C18H12NO.C12H10N.Ir/c1-12-9-10-13(15-7-4-5-11-19-15)18-17(12)14-6-2-3-8-16(14)20-18;1-10-5-4-6-11(9-10)12-7-2-3-8-13-12;/h2-9,11H,1H3;2-5,7-9H,1H3;/q2*-1;. The Morgan fingerprint density at radius 1 is 0.765 bits per heavy atom. The number of hydrogen-bond donors (Lipinski definition) is 0. The molecule has 4 heteroatoms. The number of hydrogen-bond acceptors (Lipinski definition) is 3. The van der Waals surface area contributed by atoms with Crippen LogP contribution in [0.3, 0.4) is 0 Å². The summed E-state index contributed by atoms with van der Waals surface area (Å²) in [5, 5.41) is 2.30. The zero-order chi connectivity index (χ0) is 22.6. The summed E-state index contributed by atoms with van der Waals surface area (Å²) >= 11 is 0. The molecule has 0 aliphatic rings. The van der Waals surface area contributed by atoms with Crippen LogP contribution in [0.25, 0.3) is 44.5 Å². The molecule has 0 spiro atoms. The molecule has 3 aromatic carbocycles. The Morgan fingerprint density at radius 2 is 1.47 bits per heavy atom. The average Bonchev–Trinajstić information content (AvgIpc) is 3.26. The van der Waals surface area contributed by atoms with Crippen LogP contribution in [0.15, 0.2) is 102 Å². The number of nitrogens with zero attached hydrogens (tertiary/aromatic N) is 2. The Morgan fingerprint density at radius 3 is 2.18 bits per heavy atom. The number of pyridine rings is 2. The summed E-state index contributed by atoms with van der Waals surface area (Å²) in [4.78, 5) is 8.67. The van der Waals surface area contributed by atoms with E-state index in [0.717, 1.165) is 44.5 Å². The van der Waals surface area contributed by atoms with Gasteiger partial charge in [0.15, 0.2) is 0 Å². The van der Waals surface area contributed by atoms with E-state index >= 15 is 0 Å². The maximum absolute atomic E-state index is 6.05. The van der Waals surface area contributed by atoms with E-state index in [4.69, 9.17) is 4.42 Å². The maximum atomic E-state index is 6.05. The summed E-state index contributed by atoms with van der Waals surface area (Å²) in [6.45, 7) is 4.16. The number of furan rings is 1. The molecule has 0 saturated carbocycles. The Hall–Kier alpha value is -3.59. The summed E-state index contributed by atoms with van der Waals surface area (Å²) in [5.41, 5.74) is 8.02. The van der Waals surface area contributed by atoms with E-state index in [1.54, 1.807) is 12.4 Å². The monoisotopic (exact) mass is 619 g/mol. The fraction of sp³-hybridized carbons (Fsp3) is 0.0667. The number of benzene rings is 3. The first kappa shape index (κ1) is 23.6. The summed E-state index contributed by atoms with van der Waals surface area (Å²) in [5.74, 6) is 0. The van der Waals surface area contributed by atoms with Gasteiger partial charge in [-0.15, -0.1) is 53.1 Å². The van der Waals surface area contributed by atoms with Gasteiger partial charge in [0, 0.05) is 37.9 Å². The minimum Gasteiger partial charge on any atom is -0.501 e. The average molecular weight is 619 g/mol. The number of para-hydroxylation sites is 1. The molecule has 0 amide bonds. The van der Waals surface area contributed by atoms with Crippen molar-refractivity contribution < 1.29 is 24.5 Å². The zero-order valence-corrected chi connectivity index (χ0v) is 21.3. The molecule has 0 unspecified atom stereocenters. The van der Waals surface area contributed by atoms with E-state index in [2.05, 4.69) is 48.1 Å². The van der Waals surface area contributed by atoms with Crippen molar-refractivity contribution in [1.82, 2.24) is 9.97 Å². The smallest absolute Gasteiger partial charge is 0.120 e. The first-order valence-electron chi connectivity index (χ1n) is 10.8. The van der Waals surface area contributed by atoms with Crippen LogP contribution in [-0.2, 0) is 20.1 Å². The quantitative estimate of drug-likeness (QED) is 0.188. The van der Waals surface area contributed by atoms with Crippen LogP contribution in [0.4, 0.5) is 0 Å². The topological polar surface area (TPSA) is 38.9 Å². The second-order valence-electron chi connectivity index (χ2n) is 7.86. The van der Waals surface area contributed by atoms with E-state index in [9.17, 15) is 0 Å². The SMILES string of the molecule is Cc1c[c-]c(-c2ccccn2)c2oc3ccccc3c12.Cc1cc[c-]c(-c2ccccn2)c1.[Ir]. The van der Waals surface area contributed by atoms with Gasteiger partial charge in [0.25, 0.3) is 0 Å². The maximum Gasteiger partial charge on any atom is 0.120 e. The minimum atomic E-state index is 0. The molecule has 0 atom stereocenters. The van der Waals surface area contributed by atoms with Crippen LogP contribution in [0, 0.1) is 26.0 Å². The Labute approximate surface area is 212 Å². The third-order valence-electron chi connectivity index (χ3n) is 5.47. The van der Waals surface area contributed by atoms with Gasteiger partial charge in [-0.1, -0.05) is 67.3 Å². The van der Waals surface area contributed by atoms with Crippen LogP contribution in [0.1, 0.15) is 11.1 Å². The van der Waals surface area contributed by atoms with Gasteiger partial charge in [0.05, 0.1) is 5.58 Å². The zero-order valence-electron chi connectivity index (χ0n) is 18.9. The van der Waals surface area contributed by atoms with Gasteiger partial charge in [-0.25, -0.2) is 0 Å². The van der Waals surface area contributed by atoms with Crippen molar-refractivity contribution in [3.8, 4) is 22.5 Å². The van der Waals surface area contributed by atoms with E-state index < -0.39 is 0 Å². The molecule has 169 valence electrons. The van der Waals surface area contributed by atoms with Crippen LogP contribution >= 0.6 is 0 Å². The third-order valence-corrected chi connectivity index (χ3v) is 5.47. The molecule has 6 aromatic rings. The molecule has 3 heterocycles. The molecule has 0 bridgehead atoms. The van der Waals surface area contributed by atoms with Crippen LogP contribution < -0.4 is 0 Å². The number of aryl methyl sites for hydroxylation is 2. The third kappa shape index (κ3) is 4.84. The van der Waals surface area contributed by atoms with Gasteiger partial charge >= 0.3 is 0 Å². The second kappa shape index (κ2) is 10.6. The Balaban J connectivity index is 0.000000171. The Kier molecular flexibility index (Phi) is 7.32. The predicted octanol–water partition coefficient (Wildman–Crippen LogP) is 7.61. The molecule has 0 N–H and O–H groups in total. The summed E-state index contributed by atoms with van der Waals surface area (Å²) in [7, 11) is 0. The van der Waals surface area contributed by atoms with E-state index in [1.165, 1.54) is 11.1 Å². The second-order valence-corrected chi connectivity index (χ2v) is 7.86. The molecule has 0 aliphatic carbocycles. The minimum absolute atomic E-state index is 0.